The monoisotopic (exact) mass is 625 g/mol. The zero-order valence-corrected chi connectivity index (χ0v) is 26.7. The van der Waals surface area contributed by atoms with Gasteiger partial charge in [-0.25, -0.2) is 4.98 Å². The van der Waals surface area contributed by atoms with E-state index in [9.17, 15) is 0 Å². The number of rotatable bonds is 6. The fraction of sp³-hybridized carbons (Fsp3) is 0. The first-order valence-electron chi connectivity index (χ1n) is 16.6. The molecule has 0 fully saturated rings. The summed E-state index contributed by atoms with van der Waals surface area (Å²) < 4.78 is 2.37. The van der Waals surface area contributed by atoms with E-state index < -0.39 is 0 Å². The number of fused-ring (bicyclic) bond motifs is 3. The van der Waals surface area contributed by atoms with Crippen molar-refractivity contribution in [2.75, 3.05) is 0 Å². The summed E-state index contributed by atoms with van der Waals surface area (Å²) in [6.07, 6.45) is 3.99. The van der Waals surface area contributed by atoms with E-state index in [0.717, 1.165) is 72.4 Å². The Bertz CT molecular complexity index is 2510. The summed E-state index contributed by atoms with van der Waals surface area (Å²) in [6, 6.07) is 62.0. The highest BCUT2D eigenvalue weighted by Gasteiger charge is 2.18. The molecule has 0 aliphatic heterocycles. The van der Waals surface area contributed by atoms with Gasteiger partial charge in [0.05, 0.1) is 22.4 Å². The molecule has 0 spiro atoms. The average Bonchev–Trinajstić information content (AvgIpc) is 3.53. The molecule has 0 amide bonds. The first kappa shape index (κ1) is 28.6. The van der Waals surface area contributed by atoms with Gasteiger partial charge in [0, 0.05) is 45.5 Å². The smallest absolute Gasteiger partial charge is 0.0715 e. The lowest BCUT2D eigenvalue weighted by Gasteiger charge is -2.12. The summed E-state index contributed by atoms with van der Waals surface area (Å²) in [5, 5.41) is 2.30. The Labute approximate surface area is 285 Å². The zero-order valence-electron chi connectivity index (χ0n) is 26.7. The van der Waals surface area contributed by atoms with Gasteiger partial charge in [-0.3, -0.25) is 4.98 Å². The van der Waals surface area contributed by atoms with E-state index >= 15 is 0 Å². The Kier molecular flexibility index (Phi) is 7.14. The van der Waals surface area contributed by atoms with Gasteiger partial charge in [-0.05, 0) is 70.3 Å². The van der Waals surface area contributed by atoms with Crippen LogP contribution in [0.4, 0.5) is 0 Å². The highest BCUT2D eigenvalue weighted by molar-refractivity contribution is 6.14. The topological polar surface area (TPSA) is 30.7 Å². The van der Waals surface area contributed by atoms with Crippen molar-refractivity contribution in [1.82, 2.24) is 14.5 Å². The Morgan fingerprint density at radius 3 is 1.65 bits per heavy atom. The number of hydrogen-bond donors (Lipinski definition) is 0. The van der Waals surface area contributed by atoms with E-state index in [0.29, 0.717) is 0 Å². The lowest BCUT2D eigenvalue weighted by molar-refractivity contribution is 1.18. The van der Waals surface area contributed by atoms with Crippen molar-refractivity contribution < 1.29 is 0 Å². The van der Waals surface area contributed by atoms with Crippen LogP contribution in [-0.2, 0) is 0 Å². The maximum atomic E-state index is 5.19. The Hall–Kier alpha value is -6.58. The SMILES string of the molecule is c1ccc(-c2cc(-c3ccccc3)nc(-c3cccc(-c4ccc5c(c4)c4cncc(-c6ccccc6)c4n5-c4ccccc4)c3)c2)cc1. The number of hydrogen-bond acceptors (Lipinski definition) is 2. The minimum absolute atomic E-state index is 0.945. The highest BCUT2D eigenvalue weighted by Crippen LogP contribution is 2.40. The molecule has 3 aromatic heterocycles. The van der Waals surface area contributed by atoms with Crippen LogP contribution >= 0.6 is 0 Å². The van der Waals surface area contributed by atoms with E-state index in [1.807, 2.05) is 18.5 Å². The second kappa shape index (κ2) is 12.2. The molecule has 0 aliphatic rings. The molecule has 9 aromatic rings. The average molecular weight is 626 g/mol. The number of nitrogens with zero attached hydrogens (tertiary/aromatic N) is 3. The van der Waals surface area contributed by atoms with Crippen LogP contribution < -0.4 is 0 Å². The van der Waals surface area contributed by atoms with Gasteiger partial charge >= 0.3 is 0 Å². The third kappa shape index (κ3) is 5.28. The summed E-state index contributed by atoms with van der Waals surface area (Å²) >= 11 is 0. The minimum atomic E-state index is 0.945. The first-order chi connectivity index (χ1) is 24.3. The molecular formula is C46H31N3. The maximum absolute atomic E-state index is 5.19. The highest BCUT2D eigenvalue weighted by atomic mass is 15.0. The molecule has 0 aliphatic carbocycles. The van der Waals surface area contributed by atoms with Crippen LogP contribution in [0.3, 0.4) is 0 Å². The van der Waals surface area contributed by atoms with Gasteiger partial charge in [0.2, 0.25) is 0 Å². The van der Waals surface area contributed by atoms with Crippen molar-refractivity contribution in [2.45, 2.75) is 0 Å². The Morgan fingerprint density at radius 2 is 0.939 bits per heavy atom. The third-order valence-electron chi connectivity index (χ3n) is 9.26. The van der Waals surface area contributed by atoms with Crippen molar-refractivity contribution in [3.63, 3.8) is 0 Å². The number of aromatic nitrogens is 3. The summed E-state index contributed by atoms with van der Waals surface area (Å²) in [5.41, 5.74) is 14.4. The lowest BCUT2D eigenvalue weighted by Crippen LogP contribution is -1.95. The van der Waals surface area contributed by atoms with E-state index in [4.69, 9.17) is 9.97 Å². The van der Waals surface area contributed by atoms with Crippen LogP contribution in [0.15, 0.2) is 188 Å². The van der Waals surface area contributed by atoms with Crippen LogP contribution in [-0.4, -0.2) is 14.5 Å². The quantitative estimate of drug-likeness (QED) is 0.184. The molecule has 0 saturated carbocycles. The molecule has 0 N–H and O–H groups in total. The molecule has 6 aromatic carbocycles. The largest absolute Gasteiger partial charge is 0.309 e. The predicted octanol–water partition coefficient (Wildman–Crippen LogP) is 11.9. The van der Waals surface area contributed by atoms with Crippen LogP contribution in [0.2, 0.25) is 0 Å². The molecule has 49 heavy (non-hydrogen) atoms. The molecule has 3 heteroatoms. The van der Waals surface area contributed by atoms with Crippen molar-refractivity contribution in [3.8, 4) is 61.6 Å². The van der Waals surface area contributed by atoms with Gasteiger partial charge in [-0.1, -0.05) is 133 Å². The van der Waals surface area contributed by atoms with E-state index in [2.05, 4.69) is 174 Å². The summed E-state index contributed by atoms with van der Waals surface area (Å²) in [6.45, 7) is 0. The minimum Gasteiger partial charge on any atom is -0.309 e. The molecule has 3 nitrogen and oxygen atoms in total. The Balaban J connectivity index is 1.21. The second-order valence-corrected chi connectivity index (χ2v) is 12.3. The molecule has 3 heterocycles. The molecule has 230 valence electrons. The Morgan fingerprint density at radius 1 is 0.367 bits per heavy atom. The van der Waals surface area contributed by atoms with Gasteiger partial charge in [-0.2, -0.15) is 0 Å². The third-order valence-corrected chi connectivity index (χ3v) is 9.26. The fourth-order valence-electron chi connectivity index (χ4n) is 6.90. The van der Waals surface area contributed by atoms with Gasteiger partial charge in [0.15, 0.2) is 0 Å². The molecule has 0 radical (unpaired) electrons. The molecule has 0 atom stereocenters. The van der Waals surface area contributed by atoms with E-state index in [1.54, 1.807) is 0 Å². The normalized spacial score (nSPS) is 11.3. The van der Waals surface area contributed by atoms with Crippen LogP contribution in [0, 0.1) is 0 Å². The summed E-state index contributed by atoms with van der Waals surface area (Å²) in [5.74, 6) is 0. The summed E-state index contributed by atoms with van der Waals surface area (Å²) in [4.78, 5) is 9.94. The van der Waals surface area contributed by atoms with Gasteiger partial charge < -0.3 is 4.57 Å². The maximum Gasteiger partial charge on any atom is 0.0715 e. The number of para-hydroxylation sites is 1. The standard InChI is InChI=1S/C46H31N3/c1-5-14-32(15-6-1)38-28-43(34-18-9-3-10-19-34)48-44(29-38)37-21-13-20-35(26-37)36-24-25-45-40(27-36)42-31-47-30-41(33-16-7-2-8-17-33)46(42)49(45)39-22-11-4-12-23-39/h1-31H. The van der Waals surface area contributed by atoms with Gasteiger partial charge in [0.1, 0.15) is 0 Å². The van der Waals surface area contributed by atoms with E-state index in [1.165, 1.54) is 10.9 Å². The van der Waals surface area contributed by atoms with Crippen molar-refractivity contribution in [2.24, 2.45) is 0 Å². The molecule has 0 saturated heterocycles. The van der Waals surface area contributed by atoms with Gasteiger partial charge in [-0.15, -0.1) is 0 Å². The number of benzene rings is 6. The van der Waals surface area contributed by atoms with Crippen molar-refractivity contribution in [1.29, 1.82) is 0 Å². The predicted molar refractivity (Wildman–Crippen MR) is 204 cm³/mol. The lowest BCUT2D eigenvalue weighted by atomic mass is 9.97. The molecule has 0 unspecified atom stereocenters. The zero-order chi connectivity index (χ0) is 32.6. The van der Waals surface area contributed by atoms with Crippen LogP contribution in [0.1, 0.15) is 0 Å². The summed E-state index contributed by atoms with van der Waals surface area (Å²) in [7, 11) is 0. The second-order valence-electron chi connectivity index (χ2n) is 12.3. The van der Waals surface area contributed by atoms with Crippen molar-refractivity contribution >= 4 is 21.8 Å². The number of pyridine rings is 2. The van der Waals surface area contributed by atoms with Gasteiger partial charge in [0.25, 0.3) is 0 Å². The van der Waals surface area contributed by atoms with Crippen LogP contribution in [0.25, 0.3) is 83.4 Å². The molecular weight excluding hydrogens is 595 g/mol. The molecule has 9 rings (SSSR count). The van der Waals surface area contributed by atoms with Crippen LogP contribution in [0.5, 0.6) is 0 Å². The fourth-order valence-corrected chi connectivity index (χ4v) is 6.90. The van der Waals surface area contributed by atoms with E-state index in [-0.39, 0.29) is 0 Å². The first-order valence-corrected chi connectivity index (χ1v) is 16.6. The van der Waals surface area contributed by atoms with Crippen molar-refractivity contribution in [3.05, 3.63) is 188 Å². The molecule has 0 bridgehead atoms.